The number of carbonyl (C=O) groups excluding carboxylic acids is 2. The molecule has 1 aliphatic rings. The lowest BCUT2D eigenvalue weighted by atomic mass is 9.86. The van der Waals surface area contributed by atoms with E-state index in [9.17, 15) is 9.59 Å². The Hall–Kier alpha value is -3.41. The number of allylic oxidation sites excluding steroid dienone is 1. The second kappa shape index (κ2) is 9.16. The number of benzene rings is 1. The van der Waals surface area contributed by atoms with Gasteiger partial charge in [0, 0.05) is 11.4 Å². The lowest BCUT2D eigenvalue weighted by Crippen LogP contribution is -2.35. The van der Waals surface area contributed by atoms with Crippen LogP contribution in [0.5, 0.6) is 0 Å². The number of para-hydroxylation sites is 1. The number of fused-ring (bicyclic) bond motifs is 2. The standard InChI is InChI=1S/C25H26N2O4/c1-3-16(2)26-22(28)15-31-25(29)23-19-10-4-5-12-21(19)27-24-17(8-6-11-20(23)24)14-18-9-7-13-30-18/h4-5,7,9-10,12-14,16H,3,6,8,11,15H2,1-2H3,(H,26,28). The first-order valence-electron chi connectivity index (χ1n) is 10.7. The van der Waals surface area contributed by atoms with Gasteiger partial charge in [-0.15, -0.1) is 0 Å². The fraction of sp³-hybridized carbons (Fsp3) is 0.320. The second-order valence-electron chi connectivity index (χ2n) is 7.82. The lowest BCUT2D eigenvalue weighted by Gasteiger charge is -2.22. The van der Waals surface area contributed by atoms with Crippen LogP contribution in [-0.2, 0) is 16.0 Å². The Labute approximate surface area is 181 Å². The van der Waals surface area contributed by atoms with E-state index >= 15 is 0 Å². The normalized spacial score (nSPS) is 15.5. The number of amides is 1. The van der Waals surface area contributed by atoms with E-state index < -0.39 is 5.97 Å². The summed E-state index contributed by atoms with van der Waals surface area (Å²) in [6.45, 7) is 3.60. The molecule has 0 saturated carbocycles. The quantitative estimate of drug-likeness (QED) is 0.583. The van der Waals surface area contributed by atoms with E-state index in [-0.39, 0.29) is 18.6 Å². The van der Waals surface area contributed by atoms with Gasteiger partial charge in [0.15, 0.2) is 6.61 Å². The Balaban J connectivity index is 1.71. The molecule has 1 aromatic carbocycles. The Morgan fingerprint density at radius 3 is 2.84 bits per heavy atom. The molecule has 1 amide bonds. The molecule has 6 nitrogen and oxygen atoms in total. The summed E-state index contributed by atoms with van der Waals surface area (Å²) in [5, 5.41) is 3.56. The molecule has 3 aromatic rings. The van der Waals surface area contributed by atoms with Gasteiger partial charge >= 0.3 is 5.97 Å². The number of ether oxygens (including phenoxy) is 1. The molecule has 0 bridgehead atoms. The highest BCUT2D eigenvalue weighted by Gasteiger charge is 2.26. The molecule has 2 heterocycles. The predicted molar refractivity (Wildman–Crippen MR) is 119 cm³/mol. The molecular weight excluding hydrogens is 392 g/mol. The third-order valence-corrected chi connectivity index (χ3v) is 5.59. The van der Waals surface area contributed by atoms with Crippen molar-refractivity contribution in [2.24, 2.45) is 0 Å². The topological polar surface area (TPSA) is 81.4 Å². The van der Waals surface area contributed by atoms with E-state index in [0.717, 1.165) is 59.2 Å². The summed E-state index contributed by atoms with van der Waals surface area (Å²) in [5.41, 5.74) is 3.93. The lowest BCUT2D eigenvalue weighted by molar-refractivity contribution is -0.124. The average Bonchev–Trinajstić information content (AvgIpc) is 3.29. The van der Waals surface area contributed by atoms with Gasteiger partial charge in [0.25, 0.3) is 5.91 Å². The van der Waals surface area contributed by atoms with E-state index in [4.69, 9.17) is 14.1 Å². The third kappa shape index (κ3) is 4.53. The minimum absolute atomic E-state index is 0.0370. The number of pyridine rings is 1. The smallest absolute Gasteiger partial charge is 0.339 e. The zero-order valence-corrected chi connectivity index (χ0v) is 17.8. The van der Waals surface area contributed by atoms with Crippen LogP contribution in [0.15, 0.2) is 47.1 Å². The van der Waals surface area contributed by atoms with Crippen LogP contribution in [-0.4, -0.2) is 29.5 Å². The molecule has 1 N–H and O–H groups in total. The summed E-state index contributed by atoms with van der Waals surface area (Å²) in [7, 11) is 0. The Kier molecular flexibility index (Phi) is 6.16. The maximum atomic E-state index is 13.1. The highest BCUT2D eigenvalue weighted by atomic mass is 16.5. The molecule has 6 heteroatoms. The summed E-state index contributed by atoms with van der Waals surface area (Å²) >= 11 is 0. The number of rotatable bonds is 6. The van der Waals surface area contributed by atoms with Crippen LogP contribution < -0.4 is 5.32 Å². The van der Waals surface area contributed by atoms with Gasteiger partial charge in [0.1, 0.15) is 5.76 Å². The van der Waals surface area contributed by atoms with Crippen LogP contribution in [0, 0.1) is 0 Å². The number of esters is 1. The number of hydrogen-bond acceptors (Lipinski definition) is 5. The fourth-order valence-electron chi connectivity index (χ4n) is 3.88. The molecule has 1 aliphatic carbocycles. The first-order chi connectivity index (χ1) is 15.1. The van der Waals surface area contributed by atoms with Crippen molar-refractivity contribution in [2.75, 3.05) is 6.61 Å². The van der Waals surface area contributed by atoms with Crippen molar-refractivity contribution < 1.29 is 18.7 Å². The maximum absolute atomic E-state index is 13.1. The molecule has 31 heavy (non-hydrogen) atoms. The van der Waals surface area contributed by atoms with Crippen molar-refractivity contribution in [1.82, 2.24) is 10.3 Å². The van der Waals surface area contributed by atoms with Crippen LogP contribution >= 0.6 is 0 Å². The molecule has 0 spiro atoms. The van der Waals surface area contributed by atoms with E-state index in [1.165, 1.54) is 0 Å². The number of furan rings is 1. The second-order valence-corrected chi connectivity index (χ2v) is 7.82. The molecular formula is C25H26N2O4. The molecule has 0 fully saturated rings. The highest BCUT2D eigenvalue weighted by molar-refractivity contribution is 6.07. The SMILES string of the molecule is CCC(C)NC(=O)COC(=O)c1c2c(nc3ccccc13)C(=Cc1ccco1)CCC2. The molecule has 4 rings (SSSR count). The first-order valence-corrected chi connectivity index (χ1v) is 10.7. The number of carbonyl (C=O) groups is 2. The molecule has 2 aromatic heterocycles. The van der Waals surface area contributed by atoms with Crippen LogP contribution in [0.4, 0.5) is 0 Å². The minimum atomic E-state index is -0.492. The summed E-state index contributed by atoms with van der Waals surface area (Å²) < 4.78 is 10.9. The Bertz CT molecular complexity index is 1130. The number of aromatic nitrogens is 1. The number of nitrogens with zero attached hydrogens (tertiary/aromatic N) is 1. The van der Waals surface area contributed by atoms with Crippen molar-refractivity contribution in [3.8, 4) is 0 Å². The largest absolute Gasteiger partial charge is 0.465 e. The van der Waals surface area contributed by atoms with Crippen molar-refractivity contribution in [3.63, 3.8) is 0 Å². The van der Waals surface area contributed by atoms with Crippen molar-refractivity contribution >= 4 is 34.4 Å². The molecule has 1 atom stereocenters. The first kappa shape index (κ1) is 20.8. The van der Waals surface area contributed by atoms with Crippen molar-refractivity contribution in [3.05, 3.63) is 65.2 Å². The van der Waals surface area contributed by atoms with Crippen LogP contribution in [0.3, 0.4) is 0 Å². The monoisotopic (exact) mass is 418 g/mol. The molecule has 160 valence electrons. The van der Waals surface area contributed by atoms with Gasteiger partial charge in [0.2, 0.25) is 0 Å². The zero-order chi connectivity index (χ0) is 21.8. The summed E-state index contributed by atoms with van der Waals surface area (Å²) in [5.74, 6) is -0.0367. The summed E-state index contributed by atoms with van der Waals surface area (Å²) in [6.07, 6.45) is 6.91. The summed E-state index contributed by atoms with van der Waals surface area (Å²) in [4.78, 5) is 30.1. The van der Waals surface area contributed by atoms with Gasteiger partial charge in [-0.3, -0.25) is 4.79 Å². The minimum Gasteiger partial charge on any atom is -0.465 e. The van der Waals surface area contributed by atoms with Crippen molar-refractivity contribution in [1.29, 1.82) is 0 Å². The van der Waals surface area contributed by atoms with Crippen LogP contribution in [0.2, 0.25) is 0 Å². The number of nitrogens with one attached hydrogen (secondary N) is 1. The predicted octanol–water partition coefficient (Wildman–Crippen LogP) is 4.78. The van der Waals surface area contributed by atoms with Crippen LogP contribution in [0.1, 0.15) is 60.5 Å². The third-order valence-electron chi connectivity index (χ3n) is 5.59. The van der Waals surface area contributed by atoms with E-state index in [1.807, 2.05) is 56.3 Å². The fourth-order valence-corrected chi connectivity index (χ4v) is 3.88. The highest BCUT2D eigenvalue weighted by Crippen LogP contribution is 2.36. The van der Waals surface area contributed by atoms with Crippen molar-refractivity contribution in [2.45, 2.75) is 45.6 Å². The van der Waals surface area contributed by atoms with Gasteiger partial charge in [-0.1, -0.05) is 25.1 Å². The van der Waals surface area contributed by atoms with Gasteiger partial charge in [-0.05, 0) is 68.0 Å². The zero-order valence-electron chi connectivity index (χ0n) is 17.8. The van der Waals surface area contributed by atoms with E-state index in [2.05, 4.69) is 5.32 Å². The van der Waals surface area contributed by atoms with Gasteiger partial charge < -0.3 is 14.5 Å². The van der Waals surface area contributed by atoms with E-state index in [0.29, 0.717) is 5.56 Å². The molecule has 0 aliphatic heterocycles. The van der Waals surface area contributed by atoms with Crippen LogP contribution in [0.25, 0.3) is 22.6 Å². The Morgan fingerprint density at radius 2 is 2.06 bits per heavy atom. The van der Waals surface area contributed by atoms with Gasteiger partial charge in [0.05, 0.1) is 23.0 Å². The molecule has 1 unspecified atom stereocenters. The van der Waals surface area contributed by atoms with E-state index in [1.54, 1.807) is 6.26 Å². The summed E-state index contributed by atoms with van der Waals surface area (Å²) in [6, 6.07) is 11.3. The average molecular weight is 418 g/mol. The number of hydrogen-bond donors (Lipinski definition) is 1. The van der Waals surface area contributed by atoms with Gasteiger partial charge in [-0.2, -0.15) is 0 Å². The maximum Gasteiger partial charge on any atom is 0.339 e. The Morgan fingerprint density at radius 1 is 1.23 bits per heavy atom. The molecule has 0 saturated heterocycles. The molecule has 0 radical (unpaired) electrons. The van der Waals surface area contributed by atoms with Gasteiger partial charge in [-0.25, -0.2) is 9.78 Å².